The van der Waals surface area contributed by atoms with Crippen molar-refractivity contribution in [2.45, 2.75) is 50.6 Å². The monoisotopic (exact) mass is 615 g/mol. The SMILES string of the molecule is COCCCn1c(C2CCCN(C(=O)CC(N)Cc3ccc(-c4ccc(C(=O)NCCO)c(F)c4)cc3)C2)nc2ccccc21. The summed E-state index contributed by atoms with van der Waals surface area (Å²) >= 11 is 0. The Morgan fingerprint density at radius 1 is 1.13 bits per heavy atom. The van der Waals surface area contributed by atoms with Crippen LogP contribution in [0.25, 0.3) is 22.2 Å². The van der Waals surface area contributed by atoms with Gasteiger partial charge < -0.3 is 30.4 Å². The number of aryl methyl sites for hydroxylation is 1. The van der Waals surface area contributed by atoms with E-state index in [4.69, 9.17) is 20.6 Å². The molecule has 1 fully saturated rings. The van der Waals surface area contributed by atoms with Crippen LogP contribution in [0.15, 0.2) is 66.7 Å². The summed E-state index contributed by atoms with van der Waals surface area (Å²) in [7, 11) is 1.71. The van der Waals surface area contributed by atoms with Gasteiger partial charge in [-0.15, -0.1) is 0 Å². The first-order valence-corrected chi connectivity index (χ1v) is 15.6. The van der Waals surface area contributed by atoms with Crippen molar-refractivity contribution in [2.24, 2.45) is 5.73 Å². The Hall–Kier alpha value is -4.12. The Morgan fingerprint density at radius 2 is 1.91 bits per heavy atom. The van der Waals surface area contributed by atoms with Crippen molar-refractivity contribution in [1.29, 1.82) is 0 Å². The molecular formula is C35H42FN5O4. The lowest BCUT2D eigenvalue weighted by atomic mass is 9.95. The molecule has 0 spiro atoms. The summed E-state index contributed by atoms with van der Waals surface area (Å²) in [4.78, 5) is 32.4. The van der Waals surface area contributed by atoms with Crippen LogP contribution >= 0.6 is 0 Å². The lowest BCUT2D eigenvalue weighted by Crippen LogP contribution is -2.42. The minimum absolute atomic E-state index is 0.0597. The first-order chi connectivity index (χ1) is 21.9. The van der Waals surface area contributed by atoms with Gasteiger partial charge in [0.2, 0.25) is 5.91 Å². The fraction of sp³-hybridized carbons (Fsp3) is 0.400. The number of halogens is 1. The van der Waals surface area contributed by atoms with E-state index in [2.05, 4.69) is 16.0 Å². The van der Waals surface area contributed by atoms with Crippen LogP contribution in [0.1, 0.15) is 53.3 Å². The number of imidazole rings is 1. The van der Waals surface area contributed by atoms with Gasteiger partial charge in [-0.1, -0.05) is 42.5 Å². The van der Waals surface area contributed by atoms with Gasteiger partial charge in [0, 0.05) is 58.3 Å². The fourth-order valence-electron chi connectivity index (χ4n) is 6.13. The van der Waals surface area contributed by atoms with Gasteiger partial charge in [-0.25, -0.2) is 9.37 Å². The van der Waals surface area contributed by atoms with Crippen LogP contribution < -0.4 is 11.1 Å². The van der Waals surface area contributed by atoms with Crippen molar-refractivity contribution in [1.82, 2.24) is 19.8 Å². The molecule has 2 unspecified atom stereocenters. The maximum Gasteiger partial charge on any atom is 0.254 e. The highest BCUT2D eigenvalue weighted by atomic mass is 19.1. The molecule has 2 atom stereocenters. The molecule has 1 aliphatic rings. The Morgan fingerprint density at radius 3 is 2.67 bits per heavy atom. The minimum Gasteiger partial charge on any atom is -0.395 e. The number of hydrogen-bond acceptors (Lipinski definition) is 6. The molecule has 5 rings (SSSR count). The normalized spacial score (nSPS) is 15.7. The van der Waals surface area contributed by atoms with E-state index < -0.39 is 11.7 Å². The van der Waals surface area contributed by atoms with Crippen molar-refractivity contribution >= 4 is 22.8 Å². The number of rotatable bonds is 13. The number of methoxy groups -OCH3 is 1. The molecule has 1 aliphatic heterocycles. The van der Waals surface area contributed by atoms with E-state index in [1.54, 1.807) is 13.2 Å². The Balaban J connectivity index is 1.18. The lowest BCUT2D eigenvalue weighted by Gasteiger charge is -2.33. The third kappa shape index (κ3) is 7.94. The number of piperidine rings is 1. The van der Waals surface area contributed by atoms with Gasteiger partial charge in [0.15, 0.2) is 0 Å². The number of nitrogens with zero attached hydrogens (tertiary/aromatic N) is 3. The summed E-state index contributed by atoms with van der Waals surface area (Å²) in [6.45, 7) is 2.70. The summed E-state index contributed by atoms with van der Waals surface area (Å²) in [5.41, 5.74) is 10.9. The molecule has 2 heterocycles. The second-order valence-electron chi connectivity index (χ2n) is 11.7. The topological polar surface area (TPSA) is 123 Å². The molecule has 9 nitrogen and oxygen atoms in total. The van der Waals surface area contributed by atoms with Gasteiger partial charge in [-0.2, -0.15) is 0 Å². The van der Waals surface area contributed by atoms with Crippen LogP contribution in [0.4, 0.5) is 4.39 Å². The maximum absolute atomic E-state index is 14.6. The highest BCUT2D eigenvalue weighted by Gasteiger charge is 2.29. The molecule has 1 saturated heterocycles. The molecule has 1 aromatic heterocycles. The summed E-state index contributed by atoms with van der Waals surface area (Å²) in [5, 5.41) is 11.3. The number of nitrogens with one attached hydrogen (secondary N) is 1. The zero-order valence-corrected chi connectivity index (χ0v) is 25.8. The first kappa shape index (κ1) is 32.3. The molecule has 0 bridgehead atoms. The van der Waals surface area contributed by atoms with Crippen LogP contribution in [-0.2, 0) is 22.5 Å². The minimum atomic E-state index is -0.629. The van der Waals surface area contributed by atoms with Crippen LogP contribution in [-0.4, -0.2) is 77.4 Å². The Bertz CT molecular complexity index is 1610. The van der Waals surface area contributed by atoms with E-state index in [1.807, 2.05) is 47.4 Å². The standard InChI is InChI=1S/C35H42FN5O4/c1-45-19-5-17-41-32-8-3-2-7-31(32)39-34(41)27-6-4-16-40(23-27)33(43)22-28(37)20-24-9-11-25(12-10-24)26-13-14-29(30(36)21-26)35(44)38-15-18-42/h2-3,7-14,21,27-28,42H,4-6,15-20,22-23,37H2,1H3,(H,38,44). The number of aliphatic hydroxyl groups excluding tert-OH is 1. The average Bonchev–Trinajstić information content (AvgIpc) is 3.42. The number of para-hydroxylation sites is 2. The lowest BCUT2D eigenvalue weighted by molar-refractivity contribution is -0.132. The number of carbonyl (C=O) groups excluding carboxylic acids is 2. The van der Waals surface area contributed by atoms with Crippen LogP contribution in [0.3, 0.4) is 0 Å². The maximum atomic E-state index is 14.6. The number of carbonyl (C=O) groups is 2. The van der Waals surface area contributed by atoms with Crippen molar-refractivity contribution in [3.8, 4) is 11.1 Å². The third-order valence-corrected chi connectivity index (χ3v) is 8.39. The van der Waals surface area contributed by atoms with E-state index in [1.165, 1.54) is 12.1 Å². The number of benzene rings is 3. The number of aliphatic hydroxyl groups is 1. The van der Waals surface area contributed by atoms with Crippen LogP contribution in [0.2, 0.25) is 0 Å². The number of amides is 2. The van der Waals surface area contributed by atoms with E-state index in [0.717, 1.165) is 60.3 Å². The Labute approximate surface area is 263 Å². The predicted molar refractivity (Wildman–Crippen MR) is 172 cm³/mol. The predicted octanol–water partition coefficient (Wildman–Crippen LogP) is 4.27. The number of fused-ring (bicyclic) bond motifs is 1. The highest BCUT2D eigenvalue weighted by Crippen LogP contribution is 2.30. The second kappa shape index (κ2) is 15.2. The van der Waals surface area contributed by atoms with Crippen LogP contribution in [0, 0.1) is 5.82 Å². The molecule has 238 valence electrons. The average molecular weight is 616 g/mol. The van der Waals surface area contributed by atoms with Crippen molar-refractivity contribution in [3.05, 3.63) is 89.5 Å². The van der Waals surface area contributed by atoms with E-state index in [-0.39, 0.29) is 43.0 Å². The van der Waals surface area contributed by atoms with Gasteiger partial charge in [0.05, 0.1) is 23.2 Å². The molecule has 0 saturated carbocycles. The molecule has 4 aromatic rings. The summed E-state index contributed by atoms with van der Waals surface area (Å²) < 4.78 is 22.2. The van der Waals surface area contributed by atoms with Gasteiger partial charge in [0.1, 0.15) is 11.6 Å². The van der Waals surface area contributed by atoms with Crippen molar-refractivity contribution in [3.63, 3.8) is 0 Å². The van der Waals surface area contributed by atoms with E-state index in [9.17, 15) is 14.0 Å². The van der Waals surface area contributed by atoms with Gasteiger partial charge in [0.25, 0.3) is 5.91 Å². The molecule has 4 N–H and O–H groups in total. The number of ether oxygens (including phenoxy) is 1. The molecule has 0 aliphatic carbocycles. The molecule has 10 heteroatoms. The first-order valence-electron chi connectivity index (χ1n) is 15.6. The molecule has 45 heavy (non-hydrogen) atoms. The summed E-state index contributed by atoms with van der Waals surface area (Å²) in [6, 6.07) is 20.0. The van der Waals surface area contributed by atoms with Crippen molar-refractivity contribution in [2.75, 3.05) is 40.0 Å². The van der Waals surface area contributed by atoms with Crippen molar-refractivity contribution < 1.29 is 23.8 Å². The highest BCUT2D eigenvalue weighted by molar-refractivity contribution is 5.95. The second-order valence-corrected chi connectivity index (χ2v) is 11.7. The van der Waals surface area contributed by atoms with Gasteiger partial charge in [-0.05, 0) is 66.6 Å². The van der Waals surface area contributed by atoms with Crippen LogP contribution in [0.5, 0.6) is 0 Å². The molecule has 2 amide bonds. The summed E-state index contributed by atoms with van der Waals surface area (Å²) in [6.07, 6.45) is 3.59. The third-order valence-electron chi connectivity index (χ3n) is 8.39. The smallest absolute Gasteiger partial charge is 0.254 e. The largest absolute Gasteiger partial charge is 0.395 e. The van der Waals surface area contributed by atoms with E-state index in [0.29, 0.717) is 25.1 Å². The van der Waals surface area contributed by atoms with Gasteiger partial charge >= 0.3 is 0 Å². The molecular weight excluding hydrogens is 573 g/mol. The fourth-order valence-corrected chi connectivity index (χ4v) is 6.13. The molecule has 3 aromatic carbocycles. The number of aromatic nitrogens is 2. The summed E-state index contributed by atoms with van der Waals surface area (Å²) in [5.74, 6) is 0.0639. The van der Waals surface area contributed by atoms with Gasteiger partial charge in [-0.3, -0.25) is 9.59 Å². The Kier molecular flexibility index (Phi) is 10.9. The van der Waals surface area contributed by atoms with E-state index >= 15 is 0 Å². The number of likely N-dealkylation sites (tertiary alicyclic amines) is 1. The quantitative estimate of drug-likeness (QED) is 0.193. The number of nitrogens with two attached hydrogens (primary N) is 1. The molecule has 0 radical (unpaired) electrons. The zero-order valence-electron chi connectivity index (χ0n) is 25.8. The zero-order chi connectivity index (χ0) is 31.8. The number of hydrogen-bond donors (Lipinski definition) is 3.